The molecular formula is C17H14BrN3O2. The molecule has 3 rings (SSSR count). The van der Waals surface area contributed by atoms with Crippen LogP contribution in [0.15, 0.2) is 59.2 Å². The molecule has 0 atom stereocenters. The van der Waals surface area contributed by atoms with Gasteiger partial charge < -0.3 is 10.4 Å². The highest BCUT2D eigenvalue weighted by molar-refractivity contribution is 9.10. The van der Waals surface area contributed by atoms with Crippen molar-refractivity contribution in [3.8, 4) is 17.0 Å². The fraction of sp³-hybridized carbons (Fsp3) is 0.0588. The number of rotatable bonds is 4. The van der Waals surface area contributed by atoms with Crippen molar-refractivity contribution in [2.24, 2.45) is 0 Å². The van der Waals surface area contributed by atoms with Gasteiger partial charge in [0.05, 0.1) is 11.3 Å². The Balaban J connectivity index is 1.65. The second-order valence-corrected chi connectivity index (χ2v) is 5.93. The molecular weight excluding hydrogens is 358 g/mol. The molecule has 5 nitrogen and oxygen atoms in total. The van der Waals surface area contributed by atoms with Crippen molar-refractivity contribution < 1.29 is 9.90 Å². The lowest BCUT2D eigenvalue weighted by Crippen LogP contribution is -2.22. The molecule has 0 saturated carbocycles. The zero-order valence-corrected chi connectivity index (χ0v) is 13.7. The average molecular weight is 372 g/mol. The van der Waals surface area contributed by atoms with Gasteiger partial charge in [-0.2, -0.15) is 5.10 Å². The van der Waals surface area contributed by atoms with Crippen molar-refractivity contribution in [2.45, 2.75) is 6.54 Å². The van der Waals surface area contributed by atoms with Crippen LogP contribution in [0.25, 0.3) is 11.3 Å². The van der Waals surface area contributed by atoms with Crippen molar-refractivity contribution in [1.82, 2.24) is 15.5 Å². The number of aromatic amines is 1. The number of hydrogen-bond acceptors (Lipinski definition) is 3. The predicted molar refractivity (Wildman–Crippen MR) is 91.0 cm³/mol. The molecule has 1 aromatic heterocycles. The lowest BCUT2D eigenvalue weighted by Gasteiger charge is -2.08. The van der Waals surface area contributed by atoms with Crippen molar-refractivity contribution in [3.05, 3.63) is 70.3 Å². The van der Waals surface area contributed by atoms with E-state index in [0.717, 1.165) is 21.3 Å². The van der Waals surface area contributed by atoms with Crippen LogP contribution in [0.3, 0.4) is 0 Å². The molecule has 1 amide bonds. The number of nitrogens with zero attached hydrogens (tertiary/aromatic N) is 1. The van der Waals surface area contributed by atoms with Crippen LogP contribution in [0.2, 0.25) is 0 Å². The Morgan fingerprint density at radius 1 is 1.17 bits per heavy atom. The molecule has 0 bridgehead atoms. The Morgan fingerprint density at radius 3 is 2.61 bits per heavy atom. The summed E-state index contributed by atoms with van der Waals surface area (Å²) in [7, 11) is 0. The molecule has 0 aliphatic carbocycles. The highest BCUT2D eigenvalue weighted by Crippen LogP contribution is 2.22. The number of carbonyl (C=O) groups excluding carboxylic acids is 1. The van der Waals surface area contributed by atoms with Crippen LogP contribution in [-0.4, -0.2) is 21.2 Å². The summed E-state index contributed by atoms with van der Waals surface area (Å²) in [6.45, 7) is 0.387. The van der Waals surface area contributed by atoms with E-state index >= 15 is 0 Å². The Hall–Kier alpha value is -2.60. The molecule has 3 aromatic rings. The molecule has 0 spiro atoms. The third kappa shape index (κ3) is 3.60. The summed E-state index contributed by atoms with van der Waals surface area (Å²) in [6.07, 6.45) is 1.70. The second-order valence-electron chi connectivity index (χ2n) is 5.01. The van der Waals surface area contributed by atoms with Gasteiger partial charge in [0.15, 0.2) is 0 Å². The Labute approximate surface area is 141 Å². The van der Waals surface area contributed by atoms with Crippen LogP contribution in [-0.2, 0) is 6.54 Å². The lowest BCUT2D eigenvalue weighted by atomic mass is 10.1. The molecule has 6 heteroatoms. The fourth-order valence-corrected chi connectivity index (χ4v) is 2.54. The summed E-state index contributed by atoms with van der Waals surface area (Å²) in [6, 6.07) is 14.5. The molecule has 0 saturated heterocycles. The molecule has 0 radical (unpaired) electrons. The van der Waals surface area contributed by atoms with Crippen molar-refractivity contribution >= 4 is 21.8 Å². The van der Waals surface area contributed by atoms with Crippen molar-refractivity contribution in [1.29, 1.82) is 0 Å². The van der Waals surface area contributed by atoms with Gasteiger partial charge in [-0.3, -0.25) is 9.89 Å². The quantitative estimate of drug-likeness (QED) is 0.656. The molecule has 0 unspecified atom stereocenters. The molecule has 2 aromatic carbocycles. The van der Waals surface area contributed by atoms with Gasteiger partial charge >= 0.3 is 0 Å². The molecule has 0 aliphatic rings. The monoisotopic (exact) mass is 371 g/mol. The second kappa shape index (κ2) is 6.66. The molecule has 1 heterocycles. The van der Waals surface area contributed by atoms with Gasteiger partial charge in [0, 0.05) is 17.2 Å². The zero-order chi connectivity index (χ0) is 16.2. The predicted octanol–water partition coefficient (Wildman–Crippen LogP) is 3.47. The maximum atomic E-state index is 12.1. The van der Waals surface area contributed by atoms with Gasteiger partial charge in [0.25, 0.3) is 5.91 Å². The van der Waals surface area contributed by atoms with Gasteiger partial charge in [0.2, 0.25) is 0 Å². The first-order chi connectivity index (χ1) is 11.1. The summed E-state index contributed by atoms with van der Waals surface area (Å²) < 4.78 is 0.723. The first kappa shape index (κ1) is 15.3. The Kier molecular flexibility index (Phi) is 4.43. The third-order valence-corrected chi connectivity index (χ3v) is 3.92. The minimum atomic E-state index is -0.312. The SMILES string of the molecule is O=C(NCc1ccc(-c2ccn[nH]2)cc1)c1ccc(Br)cc1O. The largest absolute Gasteiger partial charge is 0.507 e. The van der Waals surface area contributed by atoms with E-state index in [1.165, 1.54) is 6.07 Å². The first-order valence-corrected chi connectivity index (χ1v) is 7.78. The van der Waals surface area contributed by atoms with Crippen LogP contribution in [0.4, 0.5) is 0 Å². The van der Waals surface area contributed by atoms with Crippen LogP contribution in [0, 0.1) is 0 Å². The van der Waals surface area contributed by atoms with E-state index in [2.05, 4.69) is 31.4 Å². The zero-order valence-electron chi connectivity index (χ0n) is 12.1. The third-order valence-electron chi connectivity index (χ3n) is 3.42. The first-order valence-electron chi connectivity index (χ1n) is 6.99. The number of halogens is 1. The number of carbonyl (C=O) groups is 1. The van der Waals surface area contributed by atoms with Crippen LogP contribution >= 0.6 is 15.9 Å². The summed E-state index contributed by atoms with van der Waals surface area (Å²) in [5.74, 6) is -0.362. The minimum absolute atomic E-state index is 0.0496. The van der Waals surface area contributed by atoms with Crippen LogP contribution < -0.4 is 5.32 Å². The van der Waals surface area contributed by atoms with Crippen LogP contribution in [0.5, 0.6) is 5.75 Å². The summed E-state index contributed by atoms with van der Waals surface area (Å²) in [4.78, 5) is 12.1. The number of H-pyrrole nitrogens is 1. The molecule has 0 aliphatic heterocycles. The van der Waals surface area contributed by atoms with E-state index in [0.29, 0.717) is 6.54 Å². The number of benzene rings is 2. The summed E-state index contributed by atoms with van der Waals surface area (Å²) >= 11 is 3.25. The van der Waals surface area contributed by atoms with E-state index in [4.69, 9.17) is 0 Å². The molecule has 23 heavy (non-hydrogen) atoms. The smallest absolute Gasteiger partial charge is 0.255 e. The number of phenols is 1. The van der Waals surface area contributed by atoms with Crippen molar-refractivity contribution in [2.75, 3.05) is 0 Å². The summed E-state index contributed by atoms with van der Waals surface area (Å²) in [5.41, 5.74) is 3.20. The topological polar surface area (TPSA) is 78.0 Å². The van der Waals surface area contributed by atoms with Crippen molar-refractivity contribution in [3.63, 3.8) is 0 Å². The van der Waals surface area contributed by atoms with E-state index in [9.17, 15) is 9.90 Å². The normalized spacial score (nSPS) is 10.5. The van der Waals surface area contributed by atoms with Gasteiger partial charge in [0.1, 0.15) is 5.75 Å². The van der Waals surface area contributed by atoms with E-state index < -0.39 is 0 Å². The van der Waals surface area contributed by atoms with E-state index in [-0.39, 0.29) is 17.2 Å². The molecule has 3 N–H and O–H groups in total. The number of amides is 1. The molecule has 116 valence electrons. The van der Waals surface area contributed by atoms with Gasteiger partial charge in [-0.05, 0) is 35.4 Å². The lowest BCUT2D eigenvalue weighted by molar-refractivity contribution is 0.0948. The fourth-order valence-electron chi connectivity index (χ4n) is 2.19. The van der Waals surface area contributed by atoms with E-state index in [1.54, 1.807) is 18.3 Å². The highest BCUT2D eigenvalue weighted by atomic mass is 79.9. The highest BCUT2D eigenvalue weighted by Gasteiger charge is 2.11. The van der Waals surface area contributed by atoms with Gasteiger partial charge in [-0.1, -0.05) is 40.2 Å². The van der Waals surface area contributed by atoms with Crippen LogP contribution in [0.1, 0.15) is 15.9 Å². The van der Waals surface area contributed by atoms with E-state index in [1.807, 2.05) is 30.3 Å². The number of hydrogen-bond donors (Lipinski definition) is 3. The maximum absolute atomic E-state index is 12.1. The number of aromatic nitrogens is 2. The number of nitrogens with one attached hydrogen (secondary N) is 2. The van der Waals surface area contributed by atoms with Gasteiger partial charge in [-0.25, -0.2) is 0 Å². The number of aromatic hydroxyl groups is 1. The summed E-state index contributed by atoms with van der Waals surface area (Å²) in [5, 5.41) is 19.4. The Bertz CT molecular complexity index is 814. The Morgan fingerprint density at radius 2 is 1.96 bits per heavy atom. The minimum Gasteiger partial charge on any atom is -0.507 e. The number of phenolic OH excluding ortho intramolecular Hbond substituents is 1. The molecule has 0 fully saturated rings. The average Bonchev–Trinajstić information content (AvgIpc) is 3.07. The van der Waals surface area contributed by atoms with Gasteiger partial charge in [-0.15, -0.1) is 0 Å². The maximum Gasteiger partial charge on any atom is 0.255 e. The standard InChI is InChI=1S/C17H14BrN3O2/c18-13-5-6-14(16(22)9-13)17(23)19-10-11-1-3-12(4-2-11)15-7-8-20-21-15/h1-9,22H,10H2,(H,19,23)(H,20,21).